The summed E-state index contributed by atoms with van der Waals surface area (Å²) in [6, 6.07) is 10.1. The van der Waals surface area contributed by atoms with Crippen LogP contribution in [0, 0.1) is 0 Å². The van der Waals surface area contributed by atoms with Gasteiger partial charge < -0.3 is 9.47 Å². The van der Waals surface area contributed by atoms with Crippen molar-refractivity contribution >= 4 is 39.7 Å². The Hall–Kier alpha value is -1.78. The number of halogens is 1. The number of thiophene rings is 1. The Kier molecular flexibility index (Phi) is 3.47. The van der Waals surface area contributed by atoms with Gasteiger partial charge in [-0.2, -0.15) is 0 Å². The number of aromatic nitrogens is 1. The van der Waals surface area contributed by atoms with Gasteiger partial charge in [0.1, 0.15) is 5.69 Å². The second-order valence-electron chi connectivity index (χ2n) is 5.96. The predicted octanol–water partition coefficient (Wildman–Crippen LogP) is 4.65. The van der Waals surface area contributed by atoms with Crippen molar-refractivity contribution in [2.45, 2.75) is 19.4 Å². The van der Waals surface area contributed by atoms with Crippen molar-refractivity contribution in [2.24, 2.45) is 7.05 Å². The molecule has 118 valence electrons. The van der Waals surface area contributed by atoms with Gasteiger partial charge in [0.25, 0.3) is 5.91 Å². The molecule has 3 heterocycles. The van der Waals surface area contributed by atoms with Crippen LogP contribution in [0.4, 0.5) is 0 Å². The summed E-state index contributed by atoms with van der Waals surface area (Å²) in [7, 11) is 1.91. The second kappa shape index (κ2) is 5.39. The zero-order valence-corrected chi connectivity index (χ0v) is 14.6. The lowest BCUT2D eigenvalue weighted by Gasteiger charge is -2.33. The third-order valence-electron chi connectivity index (χ3n) is 4.79. The van der Waals surface area contributed by atoms with Gasteiger partial charge in [0, 0.05) is 29.4 Å². The largest absolute Gasteiger partial charge is 0.338 e. The van der Waals surface area contributed by atoms with E-state index >= 15 is 0 Å². The lowest BCUT2D eigenvalue weighted by molar-refractivity contribution is 0.0670. The number of aryl methyl sites for hydroxylation is 1. The highest BCUT2D eigenvalue weighted by atomic mass is 35.5. The highest BCUT2D eigenvalue weighted by Crippen LogP contribution is 2.36. The van der Waals surface area contributed by atoms with Crippen molar-refractivity contribution in [1.29, 1.82) is 0 Å². The molecule has 0 spiro atoms. The van der Waals surface area contributed by atoms with Gasteiger partial charge in [-0.05, 0) is 36.4 Å². The lowest BCUT2D eigenvalue weighted by atomic mass is 10.0. The first-order chi connectivity index (χ1) is 11.1. The molecule has 1 aromatic carbocycles. The maximum absolute atomic E-state index is 13.2. The summed E-state index contributed by atoms with van der Waals surface area (Å²) in [5.74, 6) is 0.0121. The number of para-hydroxylation sites is 1. The van der Waals surface area contributed by atoms with E-state index < -0.39 is 0 Å². The van der Waals surface area contributed by atoms with Gasteiger partial charge in [0.2, 0.25) is 0 Å². The lowest BCUT2D eigenvalue weighted by Crippen LogP contribution is -2.39. The minimum atomic E-state index is 0.0121. The fourth-order valence-electron chi connectivity index (χ4n) is 3.51. The first-order valence-corrected chi connectivity index (χ1v) is 8.95. The van der Waals surface area contributed by atoms with E-state index in [1.165, 1.54) is 10.4 Å². The fraction of sp³-hybridized carbons (Fsp3) is 0.278. The molecule has 4 rings (SSSR count). The molecule has 0 bridgehead atoms. The minimum Gasteiger partial charge on any atom is -0.338 e. The molecule has 1 atom stereocenters. The van der Waals surface area contributed by atoms with Crippen LogP contribution in [0.1, 0.15) is 33.9 Å². The Balaban J connectivity index is 1.79. The molecule has 1 amide bonds. The third-order valence-corrected chi connectivity index (χ3v) is 6.16. The van der Waals surface area contributed by atoms with Crippen LogP contribution in [0.15, 0.2) is 35.7 Å². The topological polar surface area (TPSA) is 25.2 Å². The monoisotopic (exact) mass is 344 g/mol. The summed E-state index contributed by atoms with van der Waals surface area (Å²) in [5.41, 5.74) is 2.84. The van der Waals surface area contributed by atoms with Gasteiger partial charge in [0.05, 0.1) is 11.1 Å². The summed E-state index contributed by atoms with van der Waals surface area (Å²) in [6.07, 6.45) is 0.921. The van der Waals surface area contributed by atoms with Crippen LogP contribution < -0.4 is 0 Å². The Morgan fingerprint density at radius 2 is 2.09 bits per heavy atom. The summed E-state index contributed by atoms with van der Waals surface area (Å²) < 4.78 is 1.91. The van der Waals surface area contributed by atoms with E-state index in [-0.39, 0.29) is 11.9 Å². The van der Waals surface area contributed by atoms with Gasteiger partial charge in [-0.25, -0.2) is 0 Å². The highest BCUT2D eigenvalue weighted by Gasteiger charge is 2.32. The Morgan fingerprint density at radius 1 is 1.30 bits per heavy atom. The zero-order valence-electron chi connectivity index (χ0n) is 13.0. The number of carbonyl (C=O) groups excluding carboxylic acids is 1. The van der Waals surface area contributed by atoms with E-state index in [1.54, 1.807) is 11.3 Å². The summed E-state index contributed by atoms with van der Waals surface area (Å²) in [6.45, 7) is 2.84. The molecule has 3 aromatic rings. The number of amides is 1. The zero-order chi connectivity index (χ0) is 16.1. The Morgan fingerprint density at radius 3 is 2.87 bits per heavy atom. The van der Waals surface area contributed by atoms with Crippen molar-refractivity contribution in [3.05, 3.63) is 56.9 Å². The molecule has 5 heteroatoms. The average molecular weight is 345 g/mol. The highest BCUT2D eigenvalue weighted by molar-refractivity contribution is 7.10. The number of rotatable bonds is 1. The maximum atomic E-state index is 13.2. The number of benzene rings is 1. The first-order valence-electron chi connectivity index (χ1n) is 7.69. The number of hydrogen-bond acceptors (Lipinski definition) is 2. The number of fused-ring (bicyclic) bond motifs is 2. The molecule has 1 aliphatic rings. The van der Waals surface area contributed by atoms with E-state index in [9.17, 15) is 4.79 Å². The van der Waals surface area contributed by atoms with Crippen molar-refractivity contribution in [3.8, 4) is 0 Å². The Labute approximate surface area is 144 Å². The minimum absolute atomic E-state index is 0.0121. The van der Waals surface area contributed by atoms with Gasteiger partial charge in [-0.3, -0.25) is 4.79 Å². The fourth-order valence-corrected chi connectivity index (χ4v) is 4.84. The van der Waals surface area contributed by atoms with Crippen molar-refractivity contribution < 1.29 is 4.79 Å². The molecule has 0 fully saturated rings. The third kappa shape index (κ3) is 2.12. The van der Waals surface area contributed by atoms with E-state index in [1.807, 2.05) is 40.8 Å². The Bertz CT molecular complexity index is 872. The molecular weight excluding hydrogens is 328 g/mol. The van der Waals surface area contributed by atoms with Crippen LogP contribution in [0.2, 0.25) is 5.02 Å². The van der Waals surface area contributed by atoms with E-state index in [4.69, 9.17) is 11.6 Å². The number of nitrogens with zero attached hydrogens (tertiary/aromatic N) is 2. The standard InChI is InChI=1S/C18H17ClN2OS/c1-11-12-8-10-23-15(12)7-9-21(11)18(22)17-16(19)13-5-3-4-6-14(13)20(17)2/h3-6,8,10-11H,7,9H2,1-2H3. The molecule has 2 aromatic heterocycles. The smallest absolute Gasteiger partial charge is 0.272 e. The second-order valence-corrected chi connectivity index (χ2v) is 7.34. The van der Waals surface area contributed by atoms with E-state index in [0.29, 0.717) is 10.7 Å². The molecule has 1 aliphatic heterocycles. The summed E-state index contributed by atoms with van der Waals surface area (Å²) >= 11 is 8.32. The summed E-state index contributed by atoms with van der Waals surface area (Å²) in [5, 5.41) is 3.59. The molecule has 0 saturated carbocycles. The molecule has 0 N–H and O–H groups in total. The SMILES string of the molecule is CC1c2ccsc2CCN1C(=O)c1c(Cl)c2ccccc2n1C. The molecule has 23 heavy (non-hydrogen) atoms. The van der Waals surface area contributed by atoms with Crippen LogP contribution in [0.25, 0.3) is 10.9 Å². The average Bonchev–Trinajstić information content (AvgIpc) is 3.13. The van der Waals surface area contributed by atoms with Crippen LogP contribution in [0.3, 0.4) is 0 Å². The van der Waals surface area contributed by atoms with Crippen LogP contribution in [0.5, 0.6) is 0 Å². The predicted molar refractivity (Wildman–Crippen MR) is 95.4 cm³/mol. The quantitative estimate of drug-likeness (QED) is 0.630. The van der Waals surface area contributed by atoms with E-state index in [2.05, 4.69) is 18.4 Å². The first kappa shape index (κ1) is 14.8. The van der Waals surface area contributed by atoms with Crippen LogP contribution >= 0.6 is 22.9 Å². The number of hydrogen-bond donors (Lipinski definition) is 0. The van der Waals surface area contributed by atoms with Crippen molar-refractivity contribution in [2.75, 3.05) is 6.54 Å². The molecule has 0 radical (unpaired) electrons. The molecule has 3 nitrogen and oxygen atoms in total. The van der Waals surface area contributed by atoms with Gasteiger partial charge in [0.15, 0.2) is 0 Å². The molecule has 0 aliphatic carbocycles. The number of carbonyl (C=O) groups is 1. The summed E-state index contributed by atoms with van der Waals surface area (Å²) in [4.78, 5) is 16.5. The van der Waals surface area contributed by atoms with Crippen LogP contribution in [-0.2, 0) is 13.5 Å². The molecule has 1 unspecified atom stereocenters. The molecule has 0 saturated heterocycles. The van der Waals surface area contributed by atoms with Crippen LogP contribution in [-0.4, -0.2) is 21.9 Å². The van der Waals surface area contributed by atoms with Gasteiger partial charge in [-0.15, -0.1) is 11.3 Å². The van der Waals surface area contributed by atoms with Crippen molar-refractivity contribution in [3.63, 3.8) is 0 Å². The normalized spacial score (nSPS) is 17.5. The van der Waals surface area contributed by atoms with E-state index in [0.717, 1.165) is 23.9 Å². The van der Waals surface area contributed by atoms with Crippen molar-refractivity contribution in [1.82, 2.24) is 9.47 Å². The molecular formula is C18H17ClN2OS. The maximum Gasteiger partial charge on any atom is 0.272 e. The van der Waals surface area contributed by atoms with Gasteiger partial charge >= 0.3 is 0 Å². The van der Waals surface area contributed by atoms with Gasteiger partial charge in [-0.1, -0.05) is 29.8 Å².